The lowest BCUT2D eigenvalue weighted by atomic mass is 9.85. The maximum atomic E-state index is 13.4. The molecule has 0 radical (unpaired) electrons. The van der Waals surface area contributed by atoms with Crippen LogP contribution >= 0.6 is 0 Å². The van der Waals surface area contributed by atoms with Crippen LogP contribution in [-0.4, -0.2) is 43.7 Å². The lowest BCUT2D eigenvalue weighted by Crippen LogP contribution is -2.09. The van der Waals surface area contributed by atoms with Crippen LogP contribution in [0.2, 0.25) is 0 Å². The fourth-order valence-electron chi connectivity index (χ4n) is 8.09. The number of ether oxygens (including phenoxy) is 7. The minimum Gasteiger partial charge on any atom is -0.494 e. The Labute approximate surface area is 456 Å². The summed E-state index contributed by atoms with van der Waals surface area (Å²) >= 11 is 0. The molecule has 0 bridgehead atoms. The van der Waals surface area contributed by atoms with E-state index in [1.807, 2.05) is 67.6 Å². The summed E-state index contributed by atoms with van der Waals surface area (Å²) in [6, 6.07) is 56.4. The van der Waals surface area contributed by atoms with E-state index < -0.39 is 23.9 Å². The van der Waals surface area contributed by atoms with E-state index in [-0.39, 0.29) is 0 Å². The summed E-state index contributed by atoms with van der Waals surface area (Å²) in [5.74, 6) is 1.23. The molecule has 11 heteroatoms. The van der Waals surface area contributed by atoms with Gasteiger partial charge in [0.05, 0.1) is 42.1 Å². The first-order chi connectivity index (χ1) is 38.1. The highest BCUT2D eigenvalue weighted by Crippen LogP contribution is 2.39. The van der Waals surface area contributed by atoms with Crippen molar-refractivity contribution in [3.8, 4) is 40.2 Å². The molecule has 0 spiro atoms. The maximum absolute atomic E-state index is 13.4. The molecule has 8 rings (SSSR count). The van der Waals surface area contributed by atoms with Crippen molar-refractivity contribution in [2.24, 2.45) is 0 Å². The molecule has 11 nitrogen and oxygen atoms in total. The summed E-state index contributed by atoms with van der Waals surface area (Å²) in [7, 11) is 0. The predicted octanol–water partition coefficient (Wildman–Crippen LogP) is 15.4. The normalized spacial score (nSPS) is 10.7. The van der Waals surface area contributed by atoms with Crippen LogP contribution in [0.15, 0.2) is 194 Å². The summed E-state index contributed by atoms with van der Waals surface area (Å²) in [6.07, 6.45) is 5.82. The monoisotopic (exact) mass is 1040 g/mol. The summed E-state index contributed by atoms with van der Waals surface area (Å²) < 4.78 is 40.8. The first kappa shape index (κ1) is 55.0. The fourth-order valence-corrected chi connectivity index (χ4v) is 8.09. The average molecular weight is 1040 g/mol. The van der Waals surface area contributed by atoms with Gasteiger partial charge in [0.1, 0.15) is 40.2 Å². The lowest BCUT2D eigenvalue weighted by molar-refractivity contribution is 0.0725. The SMILES string of the molecule is CCCCOc1ccc(C(=O)Oc2ccc(C(=C(c3ccc(OC(=O)c4ccc(OCCCC)cc4)cc3)c3ccc(OC(=O)c4ccc(OCCCC)cc4)cc3)c3ccc(OC(=O)c4ccc(C)cc4)cc3)cc2)cc1. The molecule has 0 aliphatic heterocycles. The average Bonchev–Trinajstić information content (AvgIpc) is 3.53. The molecule has 0 aliphatic rings. The van der Waals surface area contributed by atoms with E-state index in [1.54, 1.807) is 133 Å². The van der Waals surface area contributed by atoms with Gasteiger partial charge in [-0.25, -0.2) is 19.2 Å². The Morgan fingerprint density at radius 1 is 0.269 bits per heavy atom. The third-order valence-corrected chi connectivity index (χ3v) is 12.5. The topological polar surface area (TPSA) is 133 Å². The Balaban J connectivity index is 1.15. The van der Waals surface area contributed by atoms with E-state index in [2.05, 4.69) is 20.8 Å². The van der Waals surface area contributed by atoms with Crippen molar-refractivity contribution in [1.82, 2.24) is 0 Å². The number of hydrogen-bond acceptors (Lipinski definition) is 11. The van der Waals surface area contributed by atoms with E-state index >= 15 is 0 Å². The predicted molar refractivity (Wildman–Crippen MR) is 302 cm³/mol. The Bertz CT molecular complexity index is 3160. The van der Waals surface area contributed by atoms with E-state index in [9.17, 15) is 19.2 Å². The van der Waals surface area contributed by atoms with E-state index in [4.69, 9.17) is 33.2 Å². The van der Waals surface area contributed by atoms with Crippen molar-refractivity contribution in [2.75, 3.05) is 19.8 Å². The molecular weight excluding hydrogens is 981 g/mol. The Morgan fingerprint density at radius 2 is 0.462 bits per heavy atom. The van der Waals surface area contributed by atoms with Crippen molar-refractivity contribution >= 4 is 35.0 Å². The number of esters is 4. The van der Waals surface area contributed by atoms with Crippen molar-refractivity contribution in [2.45, 2.75) is 66.2 Å². The van der Waals surface area contributed by atoms with E-state index in [1.165, 1.54) is 0 Å². The molecule has 0 aromatic heterocycles. The quantitative estimate of drug-likeness (QED) is 0.0248. The van der Waals surface area contributed by atoms with Gasteiger partial charge >= 0.3 is 23.9 Å². The number of hydrogen-bond donors (Lipinski definition) is 0. The van der Waals surface area contributed by atoms with Gasteiger partial charge in [-0.15, -0.1) is 0 Å². The molecule has 8 aromatic carbocycles. The fraction of sp³-hybridized carbons (Fsp3) is 0.194. The number of carbonyl (C=O) groups is 4. The second-order valence-corrected chi connectivity index (χ2v) is 18.5. The maximum Gasteiger partial charge on any atom is 0.343 e. The molecule has 0 heterocycles. The Hall–Kier alpha value is -9.22. The smallest absolute Gasteiger partial charge is 0.343 e. The van der Waals surface area contributed by atoms with Crippen LogP contribution in [0, 0.1) is 6.92 Å². The summed E-state index contributed by atoms with van der Waals surface area (Å²) in [5.41, 5.74) is 6.95. The van der Waals surface area contributed by atoms with Crippen LogP contribution in [0.4, 0.5) is 0 Å². The standard InChI is InChI=1S/C67H62O11/c1-5-8-43-72-55-29-23-52(24-30-55)65(69)76-59-37-17-48(18-38-59)62(47-15-35-58(36-16-47)75-64(68)51-13-11-46(4)12-14-51)63(49-19-39-60(40-20-49)77-66(70)53-25-31-56(32-26-53)73-44-9-6-2)50-21-41-61(42-22-50)78-67(71)54-27-33-57(34-28-54)74-45-10-7-3/h11-42H,5-10,43-45H2,1-4H3. The van der Waals surface area contributed by atoms with Gasteiger partial charge in [-0.2, -0.15) is 0 Å². The van der Waals surface area contributed by atoms with Crippen molar-refractivity contribution in [3.05, 3.63) is 244 Å². The van der Waals surface area contributed by atoms with Crippen LogP contribution in [0.5, 0.6) is 40.2 Å². The number of aryl methyl sites for hydroxylation is 1. The van der Waals surface area contributed by atoms with Gasteiger partial charge in [-0.05, 0) is 193 Å². The van der Waals surface area contributed by atoms with Gasteiger partial charge in [-0.1, -0.05) is 106 Å². The van der Waals surface area contributed by atoms with E-state index in [0.717, 1.165) is 77.5 Å². The zero-order valence-electron chi connectivity index (χ0n) is 44.3. The minimum atomic E-state index is -0.530. The van der Waals surface area contributed by atoms with Gasteiger partial charge in [0.15, 0.2) is 0 Å². The highest BCUT2D eigenvalue weighted by Gasteiger charge is 2.20. The molecule has 0 saturated carbocycles. The highest BCUT2D eigenvalue weighted by atomic mass is 16.5. The van der Waals surface area contributed by atoms with Gasteiger partial charge in [0.25, 0.3) is 0 Å². The van der Waals surface area contributed by atoms with Crippen LogP contribution in [-0.2, 0) is 0 Å². The highest BCUT2D eigenvalue weighted by molar-refractivity contribution is 6.05. The summed E-state index contributed by atoms with van der Waals surface area (Å²) in [6.45, 7) is 10.0. The summed E-state index contributed by atoms with van der Waals surface area (Å²) in [4.78, 5) is 53.4. The van der Waals surface area contributed by atoms with Gasteiger partial charge in [0.2, 0.25) is 0 Å². The largest absolute Gasteiger partial charge is 0.494 e. The molecule has 0 N–H and O–H groups in total. The number of carbonyl (C=O) groups excluding carboxylic acids is 4. The van der Waals surface area contributed by atoms with Gasteiger partial charge < -0.3 is 33.2 Å². The van der Waals surface area contributed by atoms with Gasteiger partial charge in [-0.3, -0.25) is 0 Å². The van der Waals surface area contributed by atoms with Crippen molar-refractivity contribution in [1.29, 1.82) is 0 Å². The number of unbranched alkanes of at least 4 members (excludes halogenated alkanes) is 3. The zero-order chi connectivity index (χ0) is 54.6. The summed E-state index contributed by atoms with van der Waals surface area (Å²) in [5, 5.41) is 0. The zero-order valence-corrected chi connectivity index (χ0v) is 44.3. The first-order valence-corrected chi connectivity index (χ1v) is 26.4. The van der Waals surface area contributed by atoms with Crippen LogP contribution in [0.25, 0.3) is 11.1 Å². The number of rotatable bonds is 24. The first-order valence-electron chi connectivity index (χ1n) is 26.4. The van der Waals surface area contributed by atoms with Crippen LogP contribution in [0.3, 0.4) is 0 Å². The minimum absolute atomic E-state index is 0.320. The molecule has 0 amide bonds. The Morgan fingerprint density at radius 3 is 0.679 bits per heavy atom. The molecule has 8 aromatic rings. The third kappa shape index (κ3) is 15.2. The second-order valence-electron chi connectivity index (χ2n) is 18.5. The second kappa shape index (κ2) is 27.5. The van der Waals surface area contributed by atoms with E-state index in [0.29, 0.717) is 82.3 Å². The third-order valence-electron chi connectivity index (χ3n) is 12.5. The van der Waals surface area contributed by atoms with Crippen LogP contribution < -0.4 is 33.2 Å². The van der Waals surface area contributed by atoms with Crippen molar-refractivity contribution in [3.63, 3.8) is 0 Å². The molecular formula is C67H62O11. The molecule has 0 saturated heterocycles. The Kier molecular flexibility index (Phi) is 19.4. The van der Waals surface area contributed by atoms with Crippen LogP contribution in [0.1, 0.15) is 129 Å². The molecule has 0 atom stereocenters. The molecule has 0 aliphatic carbocycles. The lowest BCUT2D eigenvalue weighted by Gasteiger charge is -2.19. The van der Waals surface area contributed by atoms with Crippen molar-refractivity contribution < 1.29 is 52.3 Å². The molecule has 396 valence electrons. The molecule has 0 fully saturated rings. The molecule has 78 heavy (non-hydrogen) atoms. The molecule has 0 unspecified atom stereocenters. The van der Waals surface area contributed by atoms with Gasteiger partial charge in [0, 0.05) is 0 Å². The number of benzene rings is 8.